The number of urea groups is 1. The van der Waals surface area contributed by atoms with E-state index >= 15 is 0 Å². The average Bonchev–Trinajstić information content (AvgIpc) is 3.11. The number of hydrogen-bond donors (Lipinski definition) is 3. The molecule has 8 heteroatoms. The van der Waals surface area contributed by atoms with Crippen molar-refractivity contribution in [2.75, 3.05) is 18.5 Å². The van der Waals surface area contributed by atoms with Crippen LogP contribution in [0, 0.1) is 5.92 Å². The molecule has 2 aliphatic heterocycles. The lowest BCUT2D eigenvalue weighted by Gasteiger charge is -2.35. The van der Waals surface area contributed by atoms with E-state index in [2.05, 4.69) is 22.8 Å². The number of fused-ring (bicyclic) bond motifs is 1. The van der Waals surface area contributed by atoms with E-state index in [-0.39, 0.29) is 30.6 Å². The number of anilines is 1. The quantitative estimate of drug-likeness (QED) is 0.522. The van der Waals surface area contributed by atoms with Crippen molar-refractivity contribution in [3.63, 3.8) is 0 Å². The summed E-state index contributed by atoms with van der Waals surface area (Å²) in [6, 6.07) is 3.45. The largest absolute Gasteiger partial charge is 0.480 e. The summed E-state index contributed by atoms with van der Waals surface area (Å²) in [5.41, 5.74) is 2.47. The van der Waals surface area contributed by atoms with Crippen molar-refractivity contribution < 1.29 is 19.4 Å². The first-order valence-corrected chi connectivity index (χ1v) is 12.6. The predicted molar refractivity (Wildman–Crippen MR) is 126 cm³/mol. The topological polar surface area (TPSA) is 104 Å². The van der Waals surface area contributed by atoms with Crippen molar-refractivity contribution >= 4 is 17.8 Å². The second-order valence-corrected chi connectivity index (χ2v) is 10.0. The molecular formula is C25H38N4O4. The Balaban J connectivity index is 1.13. The molecule has 2 amide bonds. The van der Waals surface area contributed by atoms with Gasteiger partial charge in [-0.05, 0) is 82.8 Å². The van der Waals surface area contributed by atoms with Crippen LogP contribution in [0.1, 0.15) is 70.1 Å². The van der Waals surface area contributed by atoms with E-state index in [1.807, 2.05) is 13.8 Å². The van der Waals surface area contributed by atoms with Crippen LogP contribution in [0.2, 0.25) is 0 Å². The molecule has 1 saturated carbocycles. The number of carboxylic acid groups (broad SMARTS) is 1. The first-order chi connectivity index (χ1) is 15.9. The molecule has 3 atom stereocenters. The fraction of sp³-hybridized carbons (Fsp3) is 0.720. The molecule has 0 spiro atoms. The minimum absolute atomic E-state index is 0.144. The standard InChI is InChI=1S/C25H38N4O4/c1-16-5-6-17(2)29(16)25(32)28-22(24(30)31)11-13-33-21-14-18(15-21)7-9-20-10-8-19-4-3-12-26-23(19)27-20/h8,10,16-18,21-22H,3-7,9,11-15H2,1-2H3,(H,26,27)(H,28,32)(H,30,31)/t16-,17+,18-,21+,22-/m0/s1. The molecule has 2 fully saturated rings. The number of nitrogens with zero attached hydrogens (tertiary/aromatic N) is 2. The van der Waals surface area contributed by atoms with Crippen molar-refractivity contribution in [3.05, 3.63) is 23.4 Å². The lowest BCUT2D eigenvalue weighted by molar-refractivity contribution is -0.140. The third kappa shape index (κ3) is 5.96. The second-order valence-electron chi connectivity index (χ2n) is 10.0. The molecule has 3 aliphatic rings. The summed E-state index contributed by atoms with van der Waals surface area (Å²) in [6.45, 7) is 5.37. The van der Waals surface area contributed by atoms with Gasteiger partial charge in [-0.3, -0.25) is 0 Å². The molecule has 1 aromatic rings. The molecule has 8 nitrogen and oxygen atoms in total. The Labute approximate surface area is 196 Å². The number of carbonyl (C=O) groups is 2. The number of hydrogen-bond acceptors (Lipinski definition) is 5. The summed E-state index contributed by atoms with van der Waals surface area (Å²) in [5, 5.41) is 15.6. The Morgan fingerprint density at radius 3 is 2.76 bits per heavy atom. The number of aliphatic carboxylic acids is 1. The third-order valence-electron chi connectivity index (χ3n) is 7.50. The van der Waals surface area contributed by atoms with Gasteiger partial charge in [-0.25, -0.2) is 14.6 Å². The van der Waals surface area contributed by atoms with E-state index in [0.717, 1.165) is 63.0 Å². The molecule has 3 N–H and O–H groups in total. The Bertz CT molecular complexity index is 832. The van der Waals surface area contributed by atoms with Crippen LogP contribution in [0.4, 0.5) is 10.6 Å². The van der Waals surface area contributed by atoms with Crippen LogP contribution < -0.4 is 10.6 Å². The number of pyridine rings is 1. The minimum Gasteiger partial charge on any atom is -0.480 e. The Morgan fingerprint density at radius 2 is 2.03 bits per heavy atom. The number of aromatic nitrogens is 1. The summed E-state index contributed by atoms with van der Waals surface area (Å²) in [5.74, 6) is 0.682. The van der Waals surface area contributed by atoms with Gasteiger partial charge in [-0.15, -0.1) is 0 Å². The van der Waals surface area contributed by atoms with Crippen LogP contribution in [0.5, 0.6) is 0 Å². The number of nitrogens with one attached hydrogen (secondary N) is 2. The average molecular weight is 459 g/mol. The number of carboxylic acids is 1. The third-order valence-corrected chi connectivity index (χ3v) is 7.50. The van der Waals surface area contributed by atoms with Crippen LogP contribution >= 0.6 is 0 Å². The van der Waals surface area contributed by atoms with Gasteiger partial charge < -0.3 is 25.4 Å². The summed E-state index contributed by atoms with van der Waals surface area (Å²) < 4.78 is 5.91. The highest BCUT2D eigenvalue weighted by atomic mass is 16.5. The molecule has 0 radical (unpaired) electrons. The molecule has 0 unspecified atom stereocenters. The first kappa shape index (κ1) is 23.8. The van der Waals surface area contributed by atoms with Gasteiger partial charge in [0.15, 0.2) is 0 Å². The van der Waals surface area contributed by atoms with Crippen LogP contribution in [0.15, 0.2) is 12.1 Å². The minimum atomic E-state index is -1.01. The molecule has 1 aliphatic carbocycles. The Kier molecular flexibility index (Phi) is 7.73. The van der Waals surface area contributed by atoms with Crippen LogP contribution in [0.3, 0.4) is 0 Å². The lowest BCUT2D eigenvalue weighted by Crippen LogP contribution is -2.51. The number of amides is 2. The van der Waals surface area contributed by atoms with Gasteiger partial charge in [0.25, 0.3) is 0 Å². The summed E-state index contributed by atoms with van der Waals surface area (Å²) in [7, 11) is 0. The fourth-order valence-electron chi connectivity index (χ4n) is 5.34. The zero-order valence-corrected chi connectivity index (χ0v) is 19.9. The fourth-order valence-corrected chi connectivity index (χ4v) is 5.34. The molecular weight excluding hydrogens is 420 g/mol. The number of carbonyl (C=O) groups excluding carboxylic acids is 1. The van der Waals surface area contributed by atoms with Gasteiger partial charge in [0.05, 0.1) is 6.10 Å². The predicted octanol–water partition coefficient (Wildman–Crippen LogP) is 3.59. The van der Waals surface area contributed by atoms with Crippen molar-refractivity contribution in [1.82, 2.24) is 15.2 Å². The van der Waals surface area contributed by atoms with Crippen LogP contribution in [0.25, 0.3) is 0 Å². The molecule has 182 valence electrons. The molecule has 33 heavy (non-hydrogen) atoms. The summed E-state index contributed by atoms with van der Waals surface area (Å²) in [4.78, 5) is 30.7. The SMILES string of the molecule is C[C@@H]1CC[C@H](C)N1C(=O)N[C@@H](CCO[C@H]1C[C@@H](CCc2ccc3c(n2)NCCC3)C1)C(=O)O. The van der Waals surface area contributed by atoms with Gasteiger partial charge in [-0.2, -0.15) is 0 Å². The molecule has 1 saturated heterocycles. The van der Waals surface area contributed by atoms with E-state index in [1.165, 1.54) is 12.0 Å². The van der Waals surface area contributed by atoms with Gasteiger partial charge in [-0.1, -0.05) is 6.07 Å². The highest BCUT2D eigenvalue weighted by Crippen LogP contribution is 2.34. The van der Waals surface area contributed by atoms with Crippen molar-refractivity contribution in [2.45, 2.75) is 95.9 Å². The molecule has 3 heterocycles. The molecule has 1 aromatic heterocycles. The summed E-state index contributed by atoms with van der Waals surface area (Å²) >= 11 is 0. The monoisotopic (exact) mass is 458 g/mol. The maximum atomic E-state index is 12.6. The van der Waals surface area contributed by atoms with E-state index in [4.69, 9.17) is 9.72 Å². The van der Waals surface area contributed by atoms with E-state index in [9.17, 15) is 14.7 Å². The normalized spacial score (nSPS) is 27.3. The highest BCUT2D eigenvalue weighted by Gasteiger charge is 2.34. The van der Waals surface area contributed by atoms with E-state index in [1.54, 1.807) is 4.90 Å². The maximum absolute atomic E-state index is 12.6. The van der Waals surface area contributed by atoms with Crippen molar-refractivity contribution in [1.29, 1.82) is 0 Å². The van der Waals surface area contributed by atoms with E-state index in [0.29, 0.717) is 12.5 Å². The van der Waals surface area contributed by atoms with Gasteiger partial charge in [0, 0.05) is 37.4 Å². The second kappa shape index (κ2) is 10.7. The van der Waals surface area contributed by atoms with Crippen molar-refractivity contribution in [2.24, 2.45) is 5.92 Å². The smallest absolute Gasteiger partial charge is 0.326 e. The lowest BCUT2D eigenvalue weighted by atomic mass is 9.79. The van der Waals surface area contributed by atoms with Gasteiger partial charge in [0.2, 0.25) is 0 Å². The number of aryl methyl sites for hydroxylation is 2. The van der Waals surface area contributed by atoms with Crippen LogP contribution in [-0.4, -0.2) is 64.4 Å². The summed E-state index contributed by atoms with van der Waals surface area (Å²) in [6.07, 6.45) is 8.77. The molecule has 4 rings (SSSR count). The van der Waals surface area contributed by atoms with Gasteiger partial charge >= 0.3 is 12.0 Å². The van der Waals surface area contributed by atoms with Crippen molar-refractivity contribution in [3.8, 4) is 0 Å². The maximum Gasteiger partial charge on any atom is 0.326 e. The van der Waals surface area contributed by atoms with Gasteiger partial charge in [0.1, 0.15) is 11.9 Å². The number of rotatable bonds is 9. The zero-order chi connectivity index (χ0) is 23.4. The molecule has 0 aromatic carbocycles. The zero-order valence-electron chi connectivity index (χ0n) is 19.9. The Morgan fingerprint density at radius 1 is 1.27 bits per heavy atom. The molecule has 0 bridgehead atoms. The van der Waals surface area contributed by atoms with E-state index < -0.39 is 12.0 Å². The van der Waals surface area contributed by atoms with Crippen LogP contribution in [-0.2, 0) is 22.4 Å². The first-order valence-electron chi connectivity index (χ1n) is 12.6. The Hall–Kier alpha value is -2.35. The number of ether oxygens (including phenoxy) is 1. The number of likely N-dealkylation sites (tertiary alicyclic amines) is 1. The highest BCUT2D eigenvalue weighted by molar-refractivity contribution is 5.83.